The summed E-state index contributed by atoms with van der Waals surface area (Å²) in [5.74, 6) is 1.30. The number of benzene rings is 1. The summed E-state index contributed by atoms with van der Waals surface area (Å²) in [4.78, 5) is 8.49. The van der Waals surface area contributed by atoms with Crippen LogP contribution in [0.2, 0.25) is 0 Å². The number of allylic oxidation sites excluding steroid dienone is 4. The highest BCUT2D eigenvalue weighted by atomic mass is 32.2. The van der Waals surface area contributed by atoms with Gasteiger partial charge in [0.2, 0.25) is 10.0 Å². The van der Waals surface area contributed by atoms with Gasteiger partial charge in [-0.05, 0) is 37.8 Å². The Kier molecular flexibility index (Phi) is 7.91. The number of methoxy groups -OCH3 is 1. The average Bonchev–Trinajstić information content (AvgIpc) is 2.72. The van der Waals surface area contributed by atoms with E-state index in [2.05, 4.69) is 20.0 Å². The number of anilines is 1. The Labute approximate surface area is 165 Å². The molecule has 0 bridgehead atoms. The highest BCUT2D eigenvalue weighted by molar-refractivity contribution is 7.89. The molecule has 2 N–H and O–H groups in total. The van der Waals surface area contributed by atoms with Crippen LogP contribution in [-0.4, -0.2) is 38.3 Å². The summed E-state index contributed by atoms with van der Waals surface area (Å²) in [6.07, 6.45) is 10.2. The first-order valence-electron chi connectivity index (χ1n) is 8.60. The molecular formula is C20H24N4O3S. The number of hydrogen-bond acceptors (Lipinski definition) is 6. The lowest BCUT2D eigenvalue weighted by molar-refractivity contribution is 0.416. The van der Waals surface area contributed by atoms with Gasteiger partial charge in [0, 0.05) is 17.8 Å². The molecule has 0 unspecified atom stereocenters. The van der Waals surface area contributed by atoms with E-state index in [1.165, 1.54) is 13.4 Å². The molecule has 1 aromatic carbocycles. The van der Waals surface area contributed by atoms with Gasteiger partial charge in [0.25, 0.3) is 0 Å². The van der Waals surface area contributed by atoms with Crippen LogP contribution in [0.4, 0.5) is 5.82 Å². The van der Waals surface area contributed by atoms with Gasteiger partial charge in [-0.2, -0.15) is 0 Å². The first kappa shape index (κ1) is 21.3. The minimum atomic E-state index is -3.29. The quantitative estimate of drug-likeness (QED) is 0.628. The zero-order valence-corrected chi connectivity index (χ0v) is 16.9. The molecule has 0 radical (unpaired) electrons. The van der Waals surface area contributed by atoms with Gasteiger partial charge in [-0.3, -0.25) is 0 Å². The number of nitrogens with zero attached hydrogens (tertiary/aromatic N) is 2. The number of sulfonamides is 1. The summed E-state index contributed by atoms with van der Waals surface area (Å²) in [7, 11) is -0.270. The number of rotatable bonds is 9. The summed E-state index contributed by atoms with van der Waals surface area (Å²) >= 11 is 0. The van der Waals surface area contributed by atoms with Crippen molar-refractivity contribution in [2.75, 3.05) is 25.2 Å². The lowest BCUT2D eigenvalue weighted by atomic mass is 10.1. The molecule has 0 atom stereocenters. The molecule has 0 spiro atoms. The predicted molar refractivity (Wildman–Crippen MR) is 113 cm³/mol. The fraction of sp³-hybridized carbons (Fsp3) is 0.200. The van der Waals surface area contributed by atoms with Crippen LogP contribution in [0.15, 0.2) is 72.7 Å². The van der Waals surface area contributed by atoms with Crippen molar-refractivity contribution < 1.29 is 13.2 Å². The van der Waals surface area contributed by atoms with Gasteiger partial charge < -0.3 is 10.1 Å². The van der Waals surface area contributed by atoms with Gasteiger partial charge in [-0.15, -0.1) is 0 Å². The molecule has 28 heavy (non-hydrogen) atoms. The van der Waals surface area contributed by atoms with Gasteiger partial charge in [0.1, 0.15) is 17.9 Å². The summed E-state index contributed by atoms with van der Waals surface area (Å²) in [5.41, 5.74) is 2.31. The standard InChI is InChI=1S/C20H24N4O3S/c1-4-16(14-28(25,26)21-2)9-7-8-12-22-20-13-18(23-15-24-20)17-10-5-6-11-19(17)27-3/h4-13,15,21H,14H2,1-3H3,(H,22,23,24)/b9-7-,12-8+,16-4+. The van der Waals surface area contributed by atoms with Gasteiger partial charge in [0.15, 0.2) is 0 Å². The third-order valence-corrected chi connectivity index (χ3v) is 5.17. The van der Waals surface area contributed by atoms with Gasteiger partial charge in [-0.25, -0.2) is 23.1 Å². The van der Waals surface area contributed by atoms with Gasteiger partial charge >= 0.3 is 0 Å². The van der Waals surface area contributed by atoms with E-state index in [1.807, 2.05) is 30.3 Å². The van der Waals surface area contributed by atoms with E-state index in [-0.39, 0.29) is 5.75 Å². The normalized spacial score (nSPS) is 12.6. The Morgan fingerprint density at radius 2 is 2.00 bits per heavy atom. The molecule has 8 heteroatoms. The molecule has 2 aromatic rings. The van der Waals surface area contributed by atoms with Crippen LogP contribution in [-0.2, 0) is 10.0 Å². The molecule has 7 nitrogen and oxygen atoms in total. The van der Waals surface area contributed by atoms with E-state index < -0.39 is 10.0 Å². The second-order valence-electron chi connectivity index (χ2n) is 5.68. The van der Waals surface area contributed by atoms with E-state index in [0.717, 1.165) is 17.0 Å². The first-order valence-corrected chi connectivity index (χ1v) is 10.3. The molecule has 0 aliphatic carbocycles. The lowest BCUT2D eigenvalue weighted by Crippen LogP contribution is -2.22. The molecule has 0 saturated heterocycles. The van der Waals surface area contributed by atoms with Crippen LogP contribution < -0.4 is 14.8 Å². The van der Waals surface area contributed by atoms with Crippen molar-refractivity contribution >= 4 is 15.8 Å². The second-order valence-corrected chi connectivity index (χ2v) is 7.60. The molecule has 0 fully saturated rings. The smallest absolute Gasteiger partial charge is 0.215 e. The van der Waals surface area contributed by atoms with Crippen molar-refractivity contribution in [3.63, 3.8) is 0 Å². The Morgan fingerprint density at radius 1 is 1.21 bits per heavy atom. The van der Waals surface area contributed by atoms with Crippen molar-refractivity contribution in [3.8, 4) is 17.0 Å². The van der Waals surface area contributed by atoms with Crippen molar-refractivity contribution in [2.24, 2.45) is 0 Å². The summed E-state index contributed by atoms with van der Waals surface area (Å²) in [5, 5.41) is 3.07. The fourth-order valence-corrected chi connectivity index (χ4v) is 3.17. The predicted octanol–water partition coefficient (Wildman–Crippen LogP) is 3.13. The second kappa shape index (κ2) is 10.4. The van der Waals surface area contributed by atoms with Gasteiger partial charge in [-0.1, -0.05) is 30.4 Å². The zero-order valence-electron chi connectivity index (χ0n) is 16.1. The summed E-state index contributed by atoms with van der Waals surface area (Å²) < 4.78 is 30.9. The van der Waals surface area contributed by atoms with E-state index in [0.29, 0.717) is 11.4 Å². The van der Waals surface area contributed by atoms with Gasteiger partial charge in [0.05, 0.1) is 18.6 Å². The molecule has 2 rings (SSSR count). The third kappa shape index (κ3) is 6.33. The Hall–Kier alpha value is -2.97. The topological polar surface area (TPSA) is 93.2 Å². The minimum Gasteiger partial charge on any atom is -0.496 e. The fourth-order valence-electron chi connectivity index (χ4n) is 2.33. The maximum atomic E-state index is 11.6. The maximum Gasteiger partial charge on any atom is 0.215 e. The van der Waals surface area contributed by atoms with Crippen LogP contribution in [0.25, 0.3) is 11.3 Å². The Bertz CT molecular complexity index is 982. The third-order valence-electron chi connectivity index (χ3n) is 3.84. The van der Waals surface area contributed by atoms with E-state index in [4.69, 9.17) is 4.74 Å². The summed E-state index contributed by atoms with van der Waals surface area (Å²) in [6.45, 7) is 1.80. The van der Waals surface area contributed by atoms with E-state index in [1.54, 1.807) is 44.5 Å². The highest BCUT2D eigenvalue weighted by Crippen LogP contribution is 2.28. The van der Waals surface area contributed by atoms with Crippen LogP contribution in [0.1, 0.15) is 6.92 Å². The number of nitrogens with one attached hydrogen (secondary N) is 2. The zero-order chi connectivity index (χ0) is 20.4. The van der Waals surface area contributed by atoms with Crippen LogP contribution in [0, 0.1) is 0 Å². The molecule has 0 aliphatic rings. The van der Waals surface area contributed by atoms with Crippen molar-refractivity contribution in [3.05, 3.63) is 72.7 Å². The largest absolute Gasteiger partial charge is 0.496 e. The maximum absolute atomic E-state index is 11.6. The first-order chi connectivity index (χ1) is 13.5. The number of hydrogen-bond donors (Lipinski definition) is 2. The van der Waals surface area contributed by atoms with Crippen LogP contribution >= 0.6 is 0 Å². The monoisotopic (exact) mass is 400 g/mol. The Balaban J connectivity index is 2.03. The number of para-hydroxylation sites is 1. The van der Waals surface area contributed by atoms with Crippen molar-refractivity contribution in [1.82, 2.24) is 14.7 Å². The van der Waals surface area contributed by atoms with Crippen molar-refractivity contribution in [2.45, 2.75) is 6.92 Å². The lowest BCUT2D eigenvalue weighted by Gasteiger charge is -2.08. The Morgan fingerprint density at radius 3 is 2.71 bits per heavy atom. The molecule has 0 saturated carbocycles. The summed E-state index contributed by atoms with van der Waals surface area (Å²) in [6, 6.07) is 9.45. The molecule has 0 amide bonds. The van der Waals surface area contributed by atoms with Crippen LogP contribution in [0.5, 0.6) is 5.75 Å². The molecule has 0 aliphatic heterocycles. The molecule has 148 valence electrons. The molecular weight excluding hydrogens is 376 g/mol. The van der Waals surface area contributed by atoms with Crippen LogP contribution in [0.3, 0.4) is 0 Å². The average molecular weight is 401 g/mol. The number of aromatic nitrogens is 2. The highest BCUT2D eigenvalue weighted by Gasteiger charge is 2.08. The van der Waals surface area contributed by atoms with Crippen molar-refractivity contribution in [1.29, 1.82) is 0 Å². The molecule has 1 aromatic heterocycles. The molecule has 1 heterocycles. The minimum absolute atomic E-state index is 0.0635. The number of ether oxygens (including phenoxy) is 1. The SMILES string of the molecule is C\C=C(/C=C\C=C\Nc1cc(-c2ccccc2OC)ncn1)CS(=O)(=O)NC. The van der Waals surface area contributed by atoms with E-state index >= 15 is 0 Å². The van der Waals surface area contributed by atoms with E-state index in [9.17, 15) is 8.42 Å².